The highest BCUT2D eigenvalue weighted by Gasteiger charge is 2.63. The predicted octanol–water partition coefficient (Wildman–Crippen LogP) is 2.60. The molecule has 2 saturated heterocycles. The lowest BCUT2D eigenvalue weighted by Crippen LogP contribution is -2.73. The van der Waals surface area contributed by atoms with E-state index in [4.69, 9.17) is 9.47 Å². The second kappa shape index (κ2) is 3.94. The van der Waals surface area contributed by atoms with Crippen LogP contribution in [0, 0.1) is 5.41 Å². The van der Waals surface area contributed by atoms with Gasteiger partial charge < -0.3 is 9.47 Å². The van der Waals surface area contributed by atoms with E-state index < -0.39 is 0 Å². The molecule has 3 spiro atoms. The third kappa shape index (κ3) is 1.47. The Morgan fingerprint density at radius 3 is 2.28 bits per heavy atom. The Balaban J connectivity index is 1.58. The van der Waals surface area contributed by atoms with E-state index in [9.17, 15) is 0 Å². The summed E-state index contributed by atoms with van der Waals surface area (Å²) in [5.74, 6) is 0. The van der Waals surface area contributed by atoms with Crippen LogP contribution in [0.25, 0.3) is 0 Å². The molecule has 3 nitrogen and oxygen atoms in total. The number of hydrogen-bond donors (Lipinski definition) is 1. The molecule has 4 rings (SSSR count). The van der Waals surface area contributed by atoms with Crippen molar-refractivity contribution in [3.63, 3.8) is 0 Å². The summed E-state index contributed by atoms with van der Waals surface area (Å²) in [6.07, 6.45) is 11.4. The number of fused-ring (bicyclic) bond motifs is 1. The Bertz CT molecular complexity index is 325. The Hall–Kier alpha value is -0.120. The summed E-state index contributed by atoms with van der Waals surface area (Å²) in [6.45, 7) is 2.95. The highest BCUT2D eigenvalue weighted by molar-refractivity contribution is 5.14. The van der Waals surface area contributed by atoms with E-state index in [0.717, 1.165) is 32.5 Å². The van der Waals surface area contributed by atoms with Crippen LogP contribution in [0.2, 0.25) is 0 Å². The lowest BCUT2D eigenvalue weighted by atomic mass is 9.51. The molecule has 0 aromatic rings. The standard InChI is InChI=1S/C15H25NO2/c1-4-13(5-1)12-16-15(8-3-10-17-11-9-15)18-14(13)6-2-7-14/h16H,1-12H2. The molecule has 0 bridgehead atoms. The van der Waals surface area contributed by atoms with Gasteiger partial charge in [-0.3, -0.25) is 5.32 Å². The first-order valence-corrected chi connectivity index (χ1v) is 7.81. The van der Waals surface area contributed by atoms with Gasteiger partial charge in [0.2, 0.25) is 0 Å². The first kappa shape index (κ1) is 11.7. The van der Waals surface area contributed by atoms with Crippen molar-refractivity contribution < 1.29 is 9.47 Å². The van der Waals surface area contributed by atoms with Gasteiger partial charge in [-0.05, 0) is 44.9 Å². The molecule has 0 amide bonds. The van der Waals surface area contributed by atoms with Gasteiger partial charge in [-0.15, -0.1) is 0 Å². The van der Waals surface area contributed by atoms with E-state index in [0.29, 0.717) is 5.41 Å². The van der Waals surface area contributed by atoms with Gasteiger partial charge in [-0.25, -0.2) is 0 Å². The molecular formula is C15H25NO2. The van der Waals surface area contributed by atoms with Crippen LogP contribution in [0.3, 0.4) is 0 Å². The van der Waals surface area contributed by atoms with Gasteiger partial charge >= 0.3 is 0 Å². The minimum atomic E-state index is -0.0578. The van der Waals surface area contributed by atoms with Crippen molar-refractivity contribution in [3.05, 3.63) is 0 Å². The van der Waals surface area contributed by atoms with Crippen LogP contribution < -0.4 is 5.32 Å². The van der Waals surface area contributed by atoms with Crippen LogP contribution in [0.4, 0.5) is 0 Å². The molecule has 2 heterocycles. The Labute approximate surface area is 110 Å². The number of nitrogens with one attached hydrogen (secondary N) is 1. The molecule has 3 heteroatoms. The summed E-state index contributed by atoms with van der Waals surface area (Å²) in [7, 11) is 0. The SMILES string of the molecule is C1COCCC2(C1)NCC1(CCC1)C1(CCC1)O2. The molecule has 4 fully saturated rings. The van der Waals surface area contributed by atoms with Crippen LogP contribution >= 0.6 is 0 Å². The summed E-state index contributed by atoms with van der Waals surface area (Å²) in [6, 6.07) is 0. The van der Waals surface area contributed by atoms with E-state index in [1.807, 2.05) is 0 Å². The maximum Gasteiger partial charge on any atom is 0.122 e. The van der Waals surface area contributed by atoms with Crippen LogP contribution in [-0.2, 0) is 9.47 Å². The summed E-state index contributed by atoms with van der Waals surface area (Å²) in [4.78, 5) is 0. The van der Waals surface area contributed by atoms with Crippen molar-refractivity contribution in [3.8, 4) is 0 Å². The summed E-state index contributed by atoms with van der Waals surface area (Å²) in [5, 5.41) is 3.79. The van der Waals surface area contributed by atoms with E-state index >= 15 is 0 Å². The van der Waals surface area contributed by atoms with Crippen LogP contribution in [0.15, 0.2) is 0 Å². The number of hydrogen-bond acceptors (Lipinski definition) is 3. The number of rotatable bonds is 0. The summed E-state index contributed by atoms with van der Waals surface area (Å²) < 4.78 is 12.4. The average Bonchev–Trinajstić information content (AvgIpc) is 2.51. The molecule has 1 N–H and O–H groups in total. The second-order valence-electron chi connectivity index (χ2n) is 6.90. The van der Waals surface area contributed by atoms with Gasteiger partial charge in [0.05, 0.1) is 12.2 Å². The Morgan fingerprint density at radius 1 is 0.778 bits per heavy atom. The maximum absolute atomic E-state index is 6.78. The first-order chi connectivity index (χ1) is 8.79. The molecule has 0 aromatic heterocycles. The molecule has 1 unspecified atom stereocenters. The monoisotopic (exact) mass is 251 g/mol. The average molecular weight is 251 g/mol. The maximum atomic E-state index is 6.78. The largest absolute Gasteiger partial charge is 0.381 e. The summed E-state index contributed by atoms with van der Waals surface area (Å²) in [5.41, 5.74) is 0.669. The van der Waals surface area contributed by atoms with Crippen molar-refractivity contribution in [1.29, 1.82) is 0 Å². The van der Waals surface area contributed by atoms with Gasteiger partial charge in [0.15, 0.2) is 0 Å². The highest BCUT2D eigenvalue weighted by atomic mass is 16.5. The molecule has 2 aliphatic heterocycles. The molecule has 1 atom stereocenters. The normalized spacial score (nSPS) is 41.3. The fraction of sp³-hybridized carbons (Fsp3) is 1.00. The lowest BCUT2D eigenvalue weighted by molar-refractivity contribution is -0.308. The molecule has 102 valence electrons. The van der Waals surface area contributed by atoms with Gasteiger partial charge in [-0.2, -0.15) is 0 Å². The minimum Gasteiger partial charge on any atom is -0.381 e. The van der Waals surface area contributed by atoms with E-state index in [1.54, 1.807) is 0 Å². The Morgan fingerprint density at radius 2 is 1.61 bits per heavy atom. The van der Waals surface area contributed by atoms with E-state index in [-0.39, 0.29) is 11.3 Å². The number of ether oxygens (including phenoxy) is 2. The molecular weight excluding hydrogens is 226 g/mol. The van der Waals surface area contributed by atoms with Crippen molar-refractivity contribution in [2.24, 2.45) is 5.41 Å². The second-order valence-corrected chi connectivity index (χ2v) is 6.90. The van der Waals surface area contributed by atoms with Crippen molar-refractivity contribution in [2.45, 2.75) is 69.1 Å². The third-order valence-electron chi connectivity index (χ3n) is 6.10. The van der Waals surface area contributed by atoms with E-state index in [1.165, 1.54) is 45.1 Å². The van der Waals surface area contributed by atoms with Crippen LogP contribution in [-0.4, -0.2) is 31.1 Å². The smallest absolute Gasteiger partial charge is 0.122 e. The molecule has 0 radical (unpaired) electrons. The quantitative estimate of drug-likeness (QED) is 0.718. The fourth-order valence-corrected chi connectivity index (χ4v) is 4.58. The van der Waals surface area contributed by atoms with Crippen molar-refractivity contribution >= 4 is 0 Å². The van der Waals surface area contributed by atoms with Gasteiger partial charge in [0, 0.05) is 25.0 Å². The molecule has 4 aliphatic rings. The zero-order valence-corrected chi connectivity index (χ0v) is 11.3. The zero-order chi connectivity index (χ0) is 12.1. The highest BCUT2D eigenvalue weighted by Crippen LogP contribution is 2.62. The van der Waals surface area contributed by atoms with Crippen molar-refractivity contribution in [2.75, 3.05) is 19.8 Å². The first-order valence-electron chi connectivity index (χ1n) is 7.81. The third-order valence-corrected chi connectivity index (χ3v) is 6.10. The minimum absolute atomic E-state index is 0.0578. The predicted molar refractivity (Wildman–Crippen MR) is 69.4 cm³/mol. The van der Waals surface area contributed by atoms with Crippen LogP contribution in [0.1, 0.15) is 57.8 Å². The molecule has 0 aromatic carbocycles. The van der Waals surface area contributed by atoms with Gasteiger partial charge in [0.1, 0.15) is 5.72 Å². The van der Waals surface area contributed by atoms with Crippen molar-refractivity contribution in [1.82, 2.24) is 5.32 Å². The molecule has 2 aliphatic carbocycles. The van der Waals surface area contributed by atoms with Gasteiger partial charge in [0.25, 0.3) is 0 Å². The zero-order valence-electron chi connectivity index (χ0n) is 11.3. The van der Waals surface area contributed by atoms with E-state index in [2.05, 4.69) is 5.32 Å². The van der Waals surface area contributed by atoms with Gasteiger partial charge in [-0.1, -0.05) is 6.42 Å². The Kier molecular flexibility index (Phi) is 2.56. The van der Waals surface area contributed by atoms with Crippen LogP contribution in [0.5, 0.6) is 0 Å². The lowest BCUT2D eigenvalue weighted by Gasteiger charge is -2.66. The topological polar surface area (TPSA) is 30.5 Å². The molecule has 2 saturated carbocycles. The molecule has 18 heavy (non-hydrogen) atoms. The summed E-state index contributed by atoms with van der Waals surface area (Å²) >= 11 is 0. The fourth-order valence-electron chi connectivity index (χ4n) is 4.58.